The Balaban J connectivity index is 1.79. The molecule has 1 N–H and O–H groups in total. The number of nitrogens with one attached hydrogen (secondary N) is 1. The van der Waals surface area contributed by atoms with Crippen LogP contribution >= 0.6 is 11.6 Å². The lowest BCUT2D eigenvalue weighted by Gasteiger charge is -2.13. The van der Waals surface area contributed by atoms with Crippen LogP contribution in [-0.2, 0) is 13.6 Å². The van der Waals surface area contributed by atoms with E-state index in [9.17, 15) is 4.79 Å². The molecule has 1 heterocycles. The van der Waals surface area contributed by atoms with Crippen molar-refractivity contribution in [2.24, 2.45) is 7.05 Å². The number of nitrogens with zero attached hydrogens (tertiary/aromatic N) is 2. The molecule has 0 bridgehead atoms. The molecule has 0 amide bonds. The molecule has 122 valence electrons. The standard InChI is InChI=1S/C18H16ClN3O2/c1-22-18(23)17(19)15(12-21-22)20-11-13-7-5-6-10-16(13)24-14-8-3-2-4-9-14/h2-10,12,20H,11H2,1H3. The maximum Gasteiger partial charge on any atom is 0.287 e. The number of halogens is 1. The van der Waals surface area contributed by atoms with E-state index in [2.05, 4.69) is 10.4 Å². The van der Waals surface area contributed by atoms with E-state index in [1.807, 2.05) is 54.6 Å². The fraction of sp³-hybridized carbons (Fsp3) is 0.111. The van der Waals surface area contributed by atoms with Gasteiger partial charge in [-0.3, -0.25) is 4.79 Å². The van der Waals surface area contributed by atoms with Gasteiger partial charge >= 0.3 is 0 Å². The first kappa shape index (κ1) is 16.1. The van der Waals surface area contributed by atoms with E-state index in [1.165, 1.54) is 10.9 Å². The molecule has 3 rings (SSSR count). The van der Waals surface area contributed by atoms with Gasteiger partial charge in [0.05, 0.1) is 11.9 Å². The third-order valence-electron chi connectivity index (χ3n) is 3.49. The van der Waals surface area contributed by atoms with Crippen LogP contribution in [0.3, 0.4) is 0 Å². The van der Waals surface area contributed by atoms with Crippen molar-refractivity contribution in [3.05, 3.63) is 81.7 Å². The van der Waals surface area contributed by atoms with E-state index in [-0.39, 0.29) is 10.6 Å². The molecule has 6 heteroatoms. The second kappa shape index (κ2) is 7.19. The molecular formula is C18H16ClN3O2. The van der Waals surface area contributed by atoms with Crippen molar-refractivity contribution in [2.75, 3.05) is 5.32 Å². The molecule has 0 spiro atoms. The Kier molecular flexibility index (Phi) is 4.82. The number of rotatable bonds is 5. The van der Waals surface area contributed by atoms with Crippen molar-refractivity contribution in [3.8, 4) is 11.5 Å². The Bertz CT molecular complexity index is 894. The van der Waals surface area contributed by atoms with E-state index < -0.39 is 0 Å². The highest BCUT2D eigenvalue weighted by atomic mass is 35.5. The summed E-state index contributed by atoms with van der Waals surface area (Å²) in [7, 11) is 1.56. The molecule has 1 aromatic heterocycles. The molecule has 5 nitrogen and oxygen atoms in total. The third-order valence-corrected chi connectivity index (χ3v) is 3.86. The Morgan fingerprint density at radius 2 is 1.83 bits per heavy atom. The van der Waals surface area contributed by atoms with Crippen molar-refractivity contribution in [1.82, 2.24) is 9.78 Å². The lowest BCUT2D eigenvalue weighted by Crippen LogP contribution is -2.21. The molecule has 24 heavy (non-hydrogen) atoms. The van der Waals surface area contributed by atoms with Gasteiger partial charge < -0.3 is 10.1 Å². The van der Waals surface area contributed by atoms with Crippen molar-refractivity contribution in [2.45, 2.75) is 6.54 Å². The third kappa shape index (κ3) is 3.58. The van der Waals surface area contributed by atoms with Crippen LogP contribution in [0.1, 0.15) is 5.56 Å². The van der Waals surface area contributed by atoms with Crippen LogP contribution < -0.4 is 15.6 Å². The Morgan fingerprint density at radius 3 is 2.62 bits per heavy atom. The Morgan fingerprint density at radius 1 is 1.12 bits per heavy atom. The minimum Gasteiger partial charge on any atom is -0.457 e. The molecule has 0 saturated heterocycles. The number of benzene rings is 2. The van der Waals surface area contributed by atoms with Gasteiger partial charge in [-0.15, -0.1) is 0 Å². The van der Waals surface area contributed by atoms with Crippen LogP contribution in [0.4, 0.5) is 5.69 Å². The number of aromatic nitrogens is 2. The molecule has 3 aromatic rings. The normalized spacial score (nSPS) is 10.4. The summed E-state index contributed by atoms with van der Waals surface area (Å²) in [6.45, 7) is 0.456. The summed E-state index contributed by atoms with van der Waals surface area (Å²) in [4.78, 5) is 11.8. The first-order valence-corrected chi connectivity index (χ1v) is 7.79. The van der Waals surface area contributed by atoms with Gasteiger partial charge in [0.25, 0.3) is 5.56 Å². The largest absolute Gasteiger partial charge is 0.457 e. The monoisotopic (exact) mass is 341 g/mol. The van der Waals surface area contributed by atoms with Crippen LogP contribution in [0.2, 0.25) is 5.02 Å². The van der Waals surface area contributed by atoms with E-state index in [1.54, 1.807) is 7.05 Å². The van der Waals surface area contributed by atoms with Gasteiger partial charge in [0.2, 0.25) is 0 Å². The van der Waals surface area contributed by atoms with Gasteiger partial charge in [-0.2, -0.15) is 5.10 Å². The van der Waals surface area contributed by atoms with E-state index in [4.69, 9.17) is 16.3 Å². The zero-order valence-electron chi connectivity index (χ0n) is 13.1. The highest BCUT2D eigenvalue weighted by molar-refractivity contribution is 6.32. The second-order valence-electron chi connectivity index (χ2n) is 5.18. The van der Waals surface area contributed by atoms with Crippen molar-refractivity contribution < 1.29 is 4.74 Å². The molecule has 0 aliphatic heterocycles. The SMILES string of the molecule is Cn1ncc(NCc2ccccc2Oc2ccccc2)c(Cl)c1=O. The van der Waals surface area contributed by atoms with Gasteiger partial charge in [0.1, 0.15) is 16.5 Å². The summed E-state index contributed by atoms with van der Waals surface area (Å²) in [5.41, 5.74) is 1.10. The van der Waals surface area contributed by atoms with Gasteiger partial charge in [-0.1, -0.05) is 48.0 Å². The smallest absolute Gasteiger partial charge is 0.287 e. The highest BCUT2D eigenvalue weighted by Gasteiger charge is 2.09. The predicted molar refractivity (Wildman–Crippen MR) is 94.8 cm³/mol. The molecule has 2 aromatic carbocycles. The van der Waals surface area contributed by atoms with E-state index in [0.29, 0.717) is 12.2 Å². The lowest BCUT2D eigenvalue weighted by atomic mass is 10.2. The summed E-state index contributed by atoms with van der Waals surface area (Å²) in [6.07, 6.45) is 1.53. The van der Waals surface area contributed by atoms with Gasteiger partial charge in [0.15, 0.2) is 0 Å². The number of aryl methyl sites for hydroxylation is 1. The van der Waals surface area contributed by atoms with Crippen LogP contribution in [0, 0.1) is 0 Å². The van der Waals surface area contributed by atoms with Gasteiger partial charge in [0, 0.05) is 19.2 Å². The van der Waals surface area contributed by atoms with Crippen molar-refractivity contribution >= 4 is 17.3 Å². The summed E-state index contributed by atoms with van der Waals surface area (Å²) in [6, 6.07) is 17.3. The summed E-state index contributed by atoms with van der Waals surface area (Å²) in [5.74, 6) is 1.50. The fourth-order valence-corrected chi connectivity index (χ4v) is 2.43. The lowest BCUT2D eigenvalue weighted by molar-refractivity contribution is 0.477. The van der Waals surface area contributed by atoms with Crippen LogP contribution in [0.15, 0.2) is 65.6 Å². The summed E-state index contributed by atoms with van der Waals surface area (Å²) in [5, 5.41) is 7.22. The first-order chi connectivity index (χ1) is 11.6. The van der Waals surface area contributed by atoms with Gasteiger partial charge in [-0.05, 0) is 18.2 Å². The average molecular weight is 342 g/mol. The zero-order valence-corrected chi connectivity index (χ0v) is 13.8. The number of ether oxygens (including phenoxy) is 1. The maximum atomic E-state index is 11.8. The van der Waals surface area contributed by atoms with E-state index in [0.717, 1.165) is 17.1 Å². The zero-order chi connectivity index (χ0) is 16.9. The molecule has 0 unspecified atom stereocenters. The minimum absolute atomic E-state index is 0.119. The topological polar surface area (TPSA) is 56.1 Å². The molecule has 0 aliphatic carbocycles. The summed E-state index contributed by atoms with van der Waals surface area (Å²) >= 11 is 6.07. The molecule has 0 saturated carbocycles. The number of para-hydroxylation sites is 2. The summed E-state index contributed by atoms with van der Waals surface area (Å²) < 4.78 is 7.11. The van der Waals surface area contributed by atoms with Crippen LogP contribution in [0.5, 0.6) is 11.5 Å². The quantitative estimate of drug-likeness (QED) is 0.766. The first-order valence-electron chi connectivity index (χ1n) is 7.41. The number of anilines is 1. The number of hydrogen-bond donors (Lipinski definition) is 1. The molecule has 0 fully saturated rings. The average Bonchev–Trinajstić information content (AvgIpc) is 2.61. The van der Waals surface area contributed by atoms with Gasteiger partial charge in [-0.25, -0.2) is 4.68 Å². The van der Waals surface area contributed by atoms with Crippen molar-refractivity contribution in [3.63, 3.8) is 0 Å². The fourth-order valence-electron chi connectivity index (χ4n) is 2.19. The van der Waals surface area contributed by atoms with Crippen LogP contribution in [-0.4, -0.2) is 9.78 Å². The minimum atomic E-state index is -0.338. The Labute approximate surface area is 144 Å². The number of hydrogen-bond acceptors (Lipinski definition) is 4. The Hall–Kier alpha value is -2.79. The van der Waals surface area contributed by atoms with Crippen LogP contribution in [0.25, 0.3) is 0 Å². The maximum absolute atomic E-state index is 11.8. The predicted octanol–water partition coefficient (Wildman–Crippen LogP) is 3.84. The molecule has 0 atom stereocenters. The molecule has 0 radical (unpaired) electrons. The van der Waals surface area contributed by atoms with E-state index >= 15 is 0 Å². The molecule has 0 aliphatic rings. The van der Waals surface area contributed by atoms with Crippen molar-refractivity contribution in [1.29, 1.82) is 0 Å². The second-order valence-corrected chi connectivity index (χ2v) is 5.56. The highest BCUT2D eigenvalue weighted by Crippen LogP contribution is 2.26. The molecular weight excluding hydrogens is 326 g/mol.